The lowest BCUT2D eigenvalue weighted by Crippen LogP contribution is -2.45. The van der Waals surface area contributed by atoms with Crippen molar-refractivity contribution in [2.45, 2.75) is 37.5 Å². The number of amides is 2. The zero-order valence-corrected chi connectivity index (χ0v) is 16.2. The van der Waals surface area contributed by atoms with Gasteiger partial charge in [0.2, 0.25) is 5.91 Å². The van der Waals surface area contributed by atoms with Crippen molar-refractivity contribution in [3.8, 4) is 0 Å². The fraction of sp³-hybridized carbons (Fsp3) is 0.400. The molecule has 3 rings (SSSR count). The molecule has 0 unspecified atom stereocenters. The summed E-state index contributed by atoms with van der Waals surface area (Å²) >= 11 is 3.15. The topological polar surface area (TPSA) is 71.3 Å². The van der Waals surface area contributed by atoms with Gasteiger partial charge in [-0.05, 0) is 46.5 Å². The Labute approximate surface area is 161 Å². The molecule has 2 amide bonds. The standard InChI is InChI=1S/C20H23BrN2O3/c21-17-10-9-16(26-17)19(25)22-13-18(24)23-14-20(11-5-2-6-12-20)15-7-3-1-4-8-15/h1,3-4,7-10H,2,5-6,11-14H2,(H,22,25)(H,23,24). The summed E-state index contributed by atoms with van der Waals surface area (Å²) in [5, 5.41) is 5.60. The van der Waals surface area contributed by atoms with Gasteiger partial charge in [0.25, 0.3) is 5.91 Å². The van der Waals surface area contributed by atoms with Crippen molar-refractivity contribution in [3.63, 3.8) is 0 Å². The van der Waals surface area contributed by atoms with E-state index in [1.807, 2.05) is 6.07 Å². The van der Waals surface area contributed by atoms with Gasteiger partial charge in [0, 0.05) is 12.0 Å². The quantitative estimate of drug-likeness (QED) is 0.749. The number of nitrogens with one attached hydrogen (secondary N) is 2. The molecular formula is C20H23BrN2O3. The number of benzene rings is 1. The van der Waals surface area contributed by atoms with E-state index in [0.717, 1.165) is 12.8 Å². The van der Waals surface area contributed by atoms with Crippen molar-refractivity contribution in [1.29, 1.82) is 0 Å². The van der Waals surface area contributed by atoms with Crippen LogP contribution in [0, 0.1) is 0 Å². The number of furan rings is 1. The lowest BCUT2D eigenvalue weighted by molar-refractivity contribution is -0.120. The molecule has 1 aromatic carbocycles. The summed E-state index contributed by atoms with van der Waals surface area (Å²) in [7, 11) is 0. The smallest absolute Gasteiger partial charge is 0.287 e. The molecule has 138 valence electrons. The highest BCUT2D eigenvalue weighted by molar-refractivity contribution is 9.10. The average molecular weight is 419 g/mol. The van der Waals surface area contributed by atoms with Gasteiger partial charge in [-0.15, -0.1) is 0 Å². The van der Waals surface area contributed by atoms with Gasteiger partial charge >= 0.3 is 0 Å². The third-order valence-corrected chi connectivity index (χ3v) is 5.45. The van der Waals surface area contributed by atoms with E-state index >= 15 is 0 Å². The molecule has 1 heterocycles. The summed E-state index contributed by atoms with van der Waals surface area (Å²) in [6.07, 6.45) is 5.75. The molecule has 0 atom stereocenters. The lowest BCUT2D eigenvalue weighted by Gasteiger charge is -2.38. The average Bonchev–Trinajstić information content (AvgIpc) is 3.12. The summed E-state index contributed by atoms with van der Waals surface area (Å²) in [5.41, 5.74) is 1.27. The van der Waals surface area contributed by atoms with Crippen molar-refractivity contribution in [2.24, 2.45) is 0 Å². The van der Waals surface area contributed by atoms with Gasteiger partial charge in [-0.2, -0.15) is 0 Å². The normalized spacial score (nSPS) is 16.0. The van der Waals surface area contributed by atoms with E-state index in [0.29, 0.717) is 11.2 Å². The summed E-state index contributed by atoms with van der Waals surface area (Å²) in [6, 6.07) is 13.6. The van der Waals surface area contributed by atoms with E-state index in [1.54, 1.807) is 12.1 Å². The van der Waals surface area contributed by atoms with Crippen LogP contribution in [0.1, 0.15) is 48.2 Å². The van der Waals surface area contributed by atoms with E-state index < -0.39 is 5.91 Å². The minimum atomic E-state index is -0.402. The Hall–Kier alpha value is -2.08. The van der Waals surface area contributed by atoms with Gasteiger partial charge in [-0.25, -0.2) is 0 Å². The van der Waals surface area contributed by atoms with Crippen molar-refractivity contribution in [1.82, 2.24) is 10.6 Å². The van der Waals surface area contributed by atoms with Gasteiger partial charge in [0.1, 0.15) is 0 Å². The molecule has 2 N–H and O–H groups in total. The first kappa shape index (κ1) is 18.7. The Morgan fingerprint density at radius 3 is 2.38 bits per heavy atom. The molecule has 0 aliphatic heterocycles. The van der Waals surface area contributed by atoms with Crippen LogP contribution in [0.4, 0.5) is 0 Å². The van der Waals surface area contributed by atoms with Crippen LogP contribution in [0.5, 0.6) is 0 Å². The fourth-order valence-electron chi connectivity index (χ4n) is 3.60. The van der Waals surface area contributed by atoms with Crippen molar-refractivity contribution >= 4 is 27.7 Å². The van der Waals surface area contributed by atoms with Gasteiger partial charge in [-0.1, -0.05) is 49.6 Å². The largest absolute Gasteiger partial charge is 0.444 e. The van der Waals surface area contributed by atoms with Crippen molar-refractivity contribution in [3.05, 3.63) is 58.5 Å². The highest BCUT2D eigenvalue weighted by atomic mass is 79.9. The molecule has 2 aromatic rings. The van der Waals surface area contributed by atoms with Crippen molar-refractivity contribution in [2.75, 3.05) is 13.1 Å². The molecule has 5 nitrogen and oxygen atoms in total. The Bertz CT molecular complexity index is 751. The number of hydrogen-bond acceptors (Lipinski definition) is 3. The Morgan fingerprint density at radius 2 is 1.73 bits per heavy atom. The summed E-state index contributed by atoms with van der Waals surface area (Å²) in [5.74, 6) is -0.413. The van der Waals surface area contributed by atoms with Crippen LogP contribution in [0.25, 0.3) is 0 Å². The van der Waals surface area contributed by atoms with Gasteiger partial charge < -0.3 is 15.1 Å². The zero-order chi connectivity index (χ0) is 18.4. The maximum atomic E-state index is 12.2. The maximum Gasteiger partial charge on any atom is 0.287 e. The van der Waals surface area contributed by atoms with Crippen LogP contribution >= 0.6 is 15.9 Å². The number of rotatable bonds is 6. The molecule has 1 fully saturated rings. The monoisotopic (exact) mass is 418 g/mol. The van der Waals surface area contributed by atoms with Gasteiger partial charge in [0.15, 0.2) is 10.4 Å². The molecule has 0 spiro atoms. The van der Waals surface area contributed by atoms with Gasteiger partial charge in [-0.3, -0.25) is 9.59 Å². The Morgan fingerprint density at radius 1 is 1.00 bits per heavy atom. The Kier molecular flexibility index (Phi) is 6.14. The molecule has 6 heteroatoms. The highest BCUT2D eigenvalue weighted by Gasteiger charge is 2.34. The number of carbonyl (C=O) groups excluding carboxylic acids is 2. The van der Waals surface area contributed by atoms with Crippen LogP contribution in [0.2, 0.25) is 0 Å². The molecule has 1 aliphatic rings. The number of carbonyl (C=O) groups is 2. The SMILES string of the molecule is O=C(CNC(=O)c1ccc(Br)o1)NCC1(c2ccccc2)CCCCC1. The van der Waals surface area contributed by atoms with E-state index in [9.17, 15) is 9.59 Å². The summed E-state index contributed by atoms with van der Waals surface area (Å²) in [6.45, 7) is 0.528. The summed E-state index contributed by atoms with van der Waals surface area (Å²) in [4.78, 5) is 24.2. The first-order valence-corrected chi connectivity index (χ1v) is 9.74. The highest BCUT2D eigenvalue weighted by Crippen LogP contribution is 2.38. The molecular weight excluding hydrogens is 396 g/mol. The van der Waals surface area contributed by atoms with Crippen molar-refractivity contribution < 1.29 is 14.0 Å². The Balaban J connectivity index is 1.55. The molecule has 1 aliphatic carbocycles. The van der Waals surface area contributed by atoms with Crippen LogP contribution in [0.3, 0.4) is 0 Å². The summed E-state index contributed by atoms with van der Waals surface area (Å²) < 4.78 is 5.66. The van der Waals surface area contributed by atoms with E-state index in [4.69, 9.17) is 4.42 Å². The second-order valence-electron chi connectivity index (χ2n) is 6.77. The molecule has 0 saturated heterocycles. The fourth-order valence-corrected chi connectivity index (χ4v) is 3.91. The van der Waals surface area contributed by atoms with Crippen LogP contribution < -0.4 is 10.6 Å². The second-order valence-corrected chi connectivity index (χ2v) is 7.55. The molecule has 1 aromatic heterocycles. The predicted molar refractivity (Wildman–Crippen MR) is 103 cm³/mol. The maximum absolute atomic E-state index is 12.2. The third-order valence-electron chi connectivity index (χ3n) is 5.03. The number of hydrogen-bond donors (Lipinski definition) is 2. The van der Waals surface area contributed by atoms with E-state index in [2.05, 4.69) is 50.8 Å². The number of halogens is 1. The van der Waals surface area contributed by atoms with Crippen LogP contribution in [-0.4, -0.2) is 24.9 Å². The predicted octanol–water partition coefficient (Wildman–Crippen LogP) is 3.79. The van der Waals surface area contributed by atoms with Gasteiger partial charge in [0.05, 0.1) is 6.54 Å². The van der Waals surface area contributed by atoms with E-state index in [-0.39, 0.29) is 23.6 Å². The third kappa shape index (κ3) is 4.55. The minimum absolute atomic E-state index is 0.00887. The molecule has 0 radical (unpaired) electrons. The molecule has 26 heavy (non-hydrogen) atoms. The first-order valence-electron chi connectivity index (χ1n) is 8.95. The van der Waals surface area contributed by atoms with Crippen LogP contribution in [-0.2, 0) is 10.2 Å². The zero-order valence-electron chi connectivity index (χ0n) is 14.6. The second kappa shape index (κ2) is 8.54. The van der Waals surface area contributed by atoms with Crippen LogP contribution in [0.15, 0.2) is 51.6 Å². The first-order chi connectivity index (χ1) is 12.6. The minimum Gasteiger partial charge on any atom is -0.444 e. The van der Waals surface area contributed by atoms with E-state index in [1.165, 1.54) is 24.8 Å². The lowest BCUT2D eigenvalue weighted by atomic mass is 9.69. The molecule has 0 bridgehead atoms. The molecule has 1 saturated carbocycles.